The van der Waals surface area contributed by atoms with Crippen molar-refractivity contribution >= 4 is 5.91 Å². The van der Waals surface area contributed by atoms with Gasteiger partial charge in [-0.1, -0.05) is 12.1 Å². The third-order valence-corrected chi connectivity index (χ3v) is 3.58. The molecule has 0 heterocycles. The number of carbonyl (C=O) groups is 1. The Labute approximate surface area is 118 Å². The number of hydrogen-bond acceptors (Lipinski definition) is 3. The van der Waals surface area contributed by atoms with Crippen molar-refractivity contribution in [2.24, 2.45) is 0 Å². The Morgan fingerprint density at radius 3 is 3.10 bits per heavy atom. The van der Waals surface area contributed by atoms with Crippen LogP contribution in [0.4, 0.5) is 4.39 Å². The molecule has 4 nitrogen and oxygen atoms in total. The van der Waals surface area contributed by atoms with Crippen molar-refractivity contribution in [3.05, 3.63) is 35.1 Å². The summed E-state index contributed by atoms with van der Waals surface area (Å²) in [5.74, 6) is -0.115. The molecule has 1 atom stereocenters. The summed E-state index contributed by atoms with van der Waals surface area (Å²) >= 11 is 0. The van der Waals surface area contributed by atoms with Crippen LogP contribution in [0.15, 0.2) is 18.2 Å². The molecule has 110 valence electrons. The zero-order valence-electron chi connectivity index (χ0n) is 11.7. The number of fused-ring (bicyclic) bond motifs is 1. The first-order chi connectivity index (χ1) is 9.72. The molecule has 1 aromatic carbocycles. The highest BCUT2D eigenvalue weighted by atomic mass is 19.1. The standard InChI is InChI=1S/C15H21FN2O2/c1-20-10-9-18-15(19)7-8-17-14-6-5-11-12(14)3-2-4-13(11)16/h2-4,14,17H,5-10H2,1H3,(H,18,19). The van der Waals surface area contributed by atoms with Crippen molar-refractivity contribution in [3.8, 4) is 0 Å². The van der Waals surface area contributed by atoms with Crippen molar-refractivity contribution in [1.29, 1.82) is 0 Å². The largest absolute Gasteiger partial charge is 0.383 e. The van der Waals surface area contributed by atoms with Gasteiger partial charge in [0.2, 0.25) is 5.91 Å². The van der Waals surface area contributed by atoms with Gasteiger partial charge in [0.15, 0.2) is 0 Å². The fourth-order valence-corrected chi connectivity index (χ4v) is 2.56. The van der Waals surface area contributed by atoms with Crippen molar-refractivity contribution in [2.75, 3.05) is 26.8 Å². The summed E-state index contributed by atoms with van der Waals surface area (Å²) in [5, 5.41) is 6.10. The summed E-state index contributed by atoms with van der Waals surface area (Å²) in [6, 6.07) is 5.37. The van der Waals surface area contributed by atoms with Gasteiger partial charge in [-0.2, -0.15) is 0 Å². The number of ether oxygens (including phenoxy) is 1. The predicted molar refractivity (Wildman–Crippen MR) is 75.0 cm³/mol. The second-order valence-electron chi connectivity index (χ2n) is 4.95. The van der Waals surface area contributed by atoms with Crippen LogP contribution < -0.4 is 10.6 Å². The molecule has 1 aromatic rings. The zero-order valence-corrected chi connectivity index (χ0v) is 11.7. The fourth-order valence-electron chi connectivity index (χ4n) is 2.56. The van der Waals surface area contributed by atoms with Crippen LogP contribution in [-0.2, 0) is 16.0 Å². The Hall–Kier alpha value is -1.46. The Morgan fingerprint density at radius 2 is 2.30 bits per heavy atom. The van der Waals surface area contributed by atoms with Crippen molar-refractivity contribution < 1.29 is 13.9 Å². The monoisotopic (exact) mass is 280 g/mol. The number of rotatable bonds is 7. The van der Waals surface area contributed by atoms with Gasteiger partial charge in [0.25, 0.3) is 0 Å². The summed E-state index contributed by atoms with van der Waals surface area (Å²) < 4.78 is 18.4. The van der Waals surface area contributed by atoms with E-state index >= 15 is 0 Å². The summed E-state index contributed by atoms with van der Waals surface area (Å²) in [5.41, 5.74) is 1.85. The molecule has 1 aliphatic rings. The molecular formula is C15H21FN2O2. The van der Waals surface area contributed by atoms with Crippen LogP contribution in [0.25, 0.3) is 0 Å². The smallest absolute Gasteiger partial charge is 0.221 e. The van der Waals surface area contributed by atoms with Gasteiger partial charge in [-0.05, 0) is 30.0 Å². The number of halogens is 1. The molecule has 0 fully saturated rings. The van der Waals surface area contributed by atoms with E-state index in [0.29, 0.717) is 26.1 Å². The van der Waals surface area contributed by atoms with Crippen LogP contribution >= 0.6 is 0 Å². The van der Waals surface area contributed by atoms with E-state index < -0.39 is 0 Å². The van der Waals surface area contributed by atoms with Crippen LogP contribution in [0.2, 0.25) is 0 Å². The summed E-state index contributed by atoms with van der Waals surface area (Å²) in [6.07, 6.45) is 2.08. The Morgan fingerprint density at radius 1 is 1.45 bits per heavy atom. The van der Waals surface area contributed by atoms with Crippen molar-refractivity contribution in [3.63, 3.8) is 0 Å². The minimum absolute atomic E-state index is 0.00649. The summed E-state index contributed by atoms with van der Waals surface area (Å²) in [6.45, 7) is 1.65. The average molecular weight is 280 g/mol. The maximum Gasteiger partial charge on any atom is 0.221 e. The number of hydrogen-bond donors (Lipinski definition) is 2. The average Bonchev–Trinajstić information content (AvgIpc) is 2.84. The molecule has 1 unspecified atom stereocenters. The molecule has 5 heteroatoms. The van der Waals surface area contributed by atoms with E-state index in [-0.39, 0.29) is 17.8 Å². The lowest BCUT2D eigenvalue weighted by Gasteiger charge is -2.14. The summed E-state index contributed by atoms with van der Waals surface area (Å²) in [7, 11) is 1.60. The van der Waals surface area contributed by atoms with Crippen LogP contribution in [0.3, 0.4) is 0 Å². The number of amides is 1. The molecular weight excluding hydrogens is 259 g/mol. The molecule has 0 saturated heterocycles. The molecule has 20 heavy (non-hydrogen) atoms. The minimum Gasteiger partial charge on any atom is -0.383 e. The molecule has 2 N–H and O–H groups in total. The van der Waals surface area contributed by atoms with Crippen LogP contribution in [-0.4, -0.2) is 32.7 Å². The Kier molecular flexibility index (Phi) is 5.49. The van der Waals surface area contributed by atoms with Gasteiger partial charge in [-0.15, -0.1) is 0 Å². The molecule has 0 saturated carbocycles. The quantitative estimate of drug-likeness (QED) is 0.745. The first-order valence-electron chi connectivity index (χ1n) is 6.98. The van der Waals surface area contributed by atoms with Gasteiger partial charge in [0, 0.05) is 32.7 Å². The molecule has 0 spiro atoms. The zero-order chi connectivity index (χ0) is 14.4. The Bertz CT molecular complexity index is 465. The van der Waals surface area contributed by atoms with Crippen LogP contribution in [0.5, 0.6) is 0 Å². The van der Waals surface area contributed by atoms with Crippen LogP contribution in [0.1, 0.15) is 30.0 Å². The lowest BCUT2D eigenvalue weighted by Crippen LogP contribution is -2.31. The molecule has 0 aliphatic heterocycles. The van der Waals surface area contributed by atoms with E-state index in [0.717, 1.165) is 24.0 Å². The first kappa shape index (κ1) is 14.9. The Balaban J connectivity index is 1.74. The normalized spacial score (nSPS) is 17.0. The van der Waals surface area contributed by atoms with Crippen LogP contribution in [0, 0.1) is 5.82 Å². The van der Waals surface area contributed by atoms with Crippen molar-refractivity contribution in [2.45, 2.75) is 25.3 Å². The van der Waals surface area contributed by atoms with E-state index in [4.69, 9.17) is 4.74 Å². The van der Waals surface area contributed by atoms with Gasteiger partial charge in [0.05, 0.1) is 6.61 Å². The highest BCUT2D eigenvalue weighted by Gasteiger charge is 2.24. The topological polar surface area (TPSA) is 50.4 Å². The predicted octanol–water partition coefficient (Wildman–Crippen LogP) is 1.56. The van der Waals surface area contributed by atoms with E-state index in [1.807, 2.05) is 6.07 Å². The molecule has 0 bridgehead atoms. The second-order valence-corrected chi connectivity index (χ2v) is 4.95. The van der Waals surface area contributed by atoms with Crippen molar-refractivity contribution in [1.82, 2.24) is 10.6 Å². The van der Waals surface area contributed by atoms with E-state index in [1.54, 1.807) is 13.2 Å². The number of carbonyl (C=O) groups excluding carboxylic acids is 1. The lowest BCUT2D eigenvalue weighted by molar-refractivity contribution is -0.121. The minimum atomic E-state index is -0.121. The van der Waals surface area contributed by atoms with Gasteiger partial charge in [0.1, 0.15) is 5.82 Å². The third kappa shape index (κ3) is 3.77. The van der Waals surface area contributed by atoms with Gasteiger partial charge >= 0.3 is 0 Å². The van der Waals surface area contributed by atoms with Gasteiger partial charge in [-0.3, -0.25) is 4.79 Å². The summed E-state index contributed by atoms with van der Waals surface area (Å²) in [4.78, 5) is 11.5. The first-order valence-corrected chi connectivity index (χ1v) is 6.98. The molecule has 0 radical (unpaired) electrons. The fraction of sp³-hybridized carbons (Fsp3) is 0.533. The molecule has 2 rings (SSSR count). The maximum absolute atomic E-state index is 13.6. The highest BCUT2D eigenvalue weighted by molar-refractivity contribution is 5.76. The van der Waals surface area contributed by atoms with E-state index in [1.165, 1.54) is 6.07 Å². The van der Waals surface area contributed by atoms with E-state index in [2.05, 4.69) is 10.6 Å². The molecule has 1 amide bonds. The number of methoxy groups -OCH3 is 1. The van der Waals surface area contributed by atoms with Gasteiger partial charge in [-0.25, -0.2) is 4.39 Å². The molecule has 1 aliphatic carbocycles. The third-order valence-electron chi connectivity index (χ3n) is 3.58. The van der Waals surface area contributed by atoms with E-state index in [9.17, 15) is 9.18 Å². The SMILES string of the molecule is COCCNC(=O)CCNC1CCc2c(F)cccc21. The molecule has 0 aromatic heterocycles. The van der Waals surface area contributed by atoms with Gasteiger partial charge < -0.3 is 15.4 Å². The second kappa shape index (κ2) is 7.36. The number of benzene rings is 1. The number of nitrogens with one attached hydrogen (secondary N) is 2. The lowest BCUT2D eigenvalue weighted by atomic mass is 10.1. The highest BCUT2D eigenvalue weighted by Crippen LogP contribution is 2.32. The maximum atomic E-state index is 13.6.